The van der Waals surface area contributed by atoms with Crippen molar-refractivity contribution in [2.24, 2.45) is 5.92 Å². The van der Waals surface area contributed by atoms with Gasteiger partial charge in [0.2, 0.25) is 0 Å². The Kier molecular flexibility index (Phi) is 5.45. The largest absolute Gasteiger partial charge is 0.441 e. The highest BCUT2D eigenvalue weighted by Gasteiger charge is 2.25. The molecule has 0 aliphatic carbocycles. The summed E-state index contributed by atoms with van der Waals surface area (Å²) in [5.41, 5.74) is 4.59. The lowest BCUT2D eigenvalue weighted by molar-refractivity contribution is 0.224. The summed E-state index contributed by atoms with van der Waals surface area (Å²) in [6.07, 6.45) is 4.76. The van der Waals surface area contributed by atoms with E-state index in [2.05, 4.69) is 36.9 Å². The molecule has 3 aromatic rings. The van der Waals surface area contributed by atoms with E-state index in [-0.39, 0.29) is 0 Å². The van der Waals surface area contributed by atoms with Crippen molar-refractivity contribution in [3.63, 3.8) is 0 Å². The molecule has 1 fully saturated rings. The lowest BCUT2D eigenvalue weighted by atomic mass is 10.0. The molecule has 1 aromatic heterocycles. The summed E-state index contributed by atoms with van der Waals surface area (Å²) in [5.74, 6) is 1.57. The summed E-state index contributed by atoms with van der Waals surface area (Å²) >= 11 is 0. The van der Waals surface area contributed by atoms with E-state index in [0.717, 1.165) is 47.0 Å². The Morgan fingerprint density at radius 2 is 1.96 bits per heavy atom. The highest BCUT2D eigenvalue weighted by molar-refractivity contribution is 5.80. The van der Waals surface area contributed by atoms with Crippen molar-refractivity contribution in [2.75, 3.05) is 13.1 Å². The predicted molar refractivity (Wildman–Crippen MR) is 112 cm³/mol. The number of oxazole rings is 1. The number of likely N-dealkylation sites (tertiary alicyclic amines) is 1. The van der Waals surface area contributed by atoms with Gasteiger partial charge in [-0.1, -0.05) is 32.0 Å². The molecule has 0 bridgehead atoms. The molecule has 4 heteroatoms. The molecule has 1 unspecified atom stereocenters. The Labute approximate surface area is 166 Å². The molecule has 4 rings (SSSR count). The first-order valence-corrected chi connectivity index (χ1v) is 10.3. The van der Waals surface area contributed by atoms with Crippen molar-refractivity contribution >= 4 is 11.1 Å². The quantitative estimate of drug-likeness (QED) is 0.579. The predicted octanol–water partition coefficient (Wildman–Crippen LogP) is 5.42. The molecule has 1 saturated heterocycles. The van der Waals surface area contributed by atoms with Crippen LogP contribution >= 0.6 is 0 Å². The lowest BCUT2D eigenvalue weighted by Crippen LogP contribution is -2.32. The van der Waals surface area contributed by atoms with Gasteiger partial charge in [-0.25, -0.2) is 4.98 Å². The maximum Gasteiger partial charge on any atom is 0.196 e. The second-order valence-electron chi connectivity index (χ2n) is 8.19. The Bertz CT molecular complexity index is 981. The van der Waals surface area contributed by atoms with Crippen LogP contribution in [0.25, 0.3) is 22.2 Å². The van der Waals surface area contributed by atoms with Gasteiger partial charge in [0, 0.05) is 19.0 Å². The molecule has 1 atom stereocenters. The molecule has 28 heavy (non-hydrogen) atoms. The third kappa shape index (κ3) is 4.10. The third-order valence-corrected chi connectivity index (χ3v) is 5.63. The van der Waals surface area contributed by atoms with Gasteiger partial charge in [-0.2, -0.15) is 5.26 Å². The fourth-order valence-corrected chi connectivity index (χ4v) is 4.24. The van der Waals surface area contributed by atoms with E-state index in [0.29, 0.717) is 11.6 Å². The zero-order valence-electron chi connectivity index (χ0n) is 16.7. The molecule has 0 N–H and O–H groups in total. The van der Waals surface area contributed by atoms with Gasteiger partial charge in [0.1, 0.15) is 5.52 Å². The number of fused-ring (bicyclic) bond motifs is 1. The van der Waals surface area contributed by atoms with Crippen LogP contribution in [0.15, 0.2) is 46.9 Å². The van der Waals surface area contributed by atoms with Crippen molar-refractivity contribution in [2.45, 2.75) is 45.6 Å². The first-order valence-electron chi connectivity index (χ1n) is 10.3. The molecule has 2 heterocycles. The summed E-state index contributed by atoms with van der Waals surface area (Å²) in [6, 6.07) is 16.6. The molecule has 2 aromatic carbocycles. The highest BCUT2D eigenvalue weighted by atomic mass is 16.3. The SMILES string of the molecule is CC(C)CC1CCCN1CCc1nc2cc(-c3ccc(C#N)cc3)ccc2o1. The first kappa shape index (κ1) is 18.7. The Hall–Kier alpha value is -2.64. The first-order chi connectivity index (χ1) is 13.6. The van der Waals surface area contributed by atoms with Crippen molar-refractivity contribution < 1.29 is 4.42 Å². The maximum absolute atomic E-state index is 8.96. The maximum atomic E-state index is 8.96. The zero-order valence-corrected chi connectivity index (χ0v) is 16.7. The molecule has 0 radical (unpaired) electrons. The van der Waals surface area contributed by atoms with Gasteiger partial charge in [-0.05, 0) is 67.1 Å². The van der Waals surface area contributed by atoms with Crippen LogP contribution in [0.2, 0.25) is 0 Å². The minimum atomic E-state index is 0.672. The van der Waals surface area contributed by atoms with Crippen LogP contribution in [0.4, 0.5) is 0 Å². The van der Waals surface area contributed by atoms with E-state index in [1.54, 1.807) is 0 Å². The number of hydrogen-bond donors (Lipinski definition) is 0. The third-order valence-electron chi connectivity index (χ3n) is 5.63. The van der Waals surface area contributed by atoms with Crippen molar-refractivity contribution in [1.29, 1.82) is 5.26 Å². The standard InChI is InChI=1S/C24H27N3O/c1-17(2)14-21-4-3-12-27(21)13-11-24-26-22-15-20(9-10-23(22)28-24)19-7-5-18(16-25)6-8-19/h5-10,15,17,21H,3-4,11-14H2,1-2H3. The van der Waals surface area contributed by atoms with Gasteiger partial charge in [0.15, 0.2) is 11.5 Å². The Balaban J connectivity index is 1.46. The van der Waals surface area contributed by atoms with Gasteiger partial charge in [0.25, 0.3) is 0 Å². The van der Waals surface area contributed by atoms with Crippen LogP contribution in [0.5, 0.6) is 0 Å². The minimum absolute atomic E-state index is 0.672. The monoisotopic (exact) mass is 373 g/mol. The Morgan fingerprint density at radius 1 is 1.18 bits per heavy atom. The number of rotatable bonds is 6. The Morgan fingerprint density at radius 3 is 2.71 bits per heavy atom. The van der Waals surface area contributed by atoms with Gasteiger partial charge >= 0.3 is 0 Å². The summed E-state index contributed by atoms with van der Waals surface area (Å²) in [7, 11) is 0. The fraction of sp³-hybridized carbons (Fsp3) is 0.417. The van der Waals surface area contributed by atoms with E-state index in [1.807, 2.05) is 30.3 Å². The molecule has 0 spiro atoms. The van der Waals surface area contributed by atoms with Crippen molar-refractivity contribution in [3.05, 3.63) is 53.9 Å². The van der Waals surface area contributed by atoms with E-state index >= 15 is 0 Å². The van der Waals surface area contributed by atoms with Crippen LogP contribution in [0.3, 0.4) is 0 Å². The van der Waals surface area contributed by atoms with Crippen LogP contribution < -0.4 is 0 Å². The number of hydrogen-bond acceptors (Lipinski definition) is 4. The summed E-state index contributed by atoms with van der Waals surface area (Å²) < 4.78 is 5.99. The second kappa shape index (κ2) is 8.16. The number of nitrogens with zero attached hydrogens (tertiary/aromatic N) is 3. The number of nitriles is 1. The van der Waals surface area contributed by atoms with Crippen molar-refractivity contribution in [3.8, 4) is 17.2 Å². The normalized spacial score (nSPS) is 17.4. The minimum Gasteiger partial charge on any atom is -0.441 e. The fourth-order valence-electron chi connectivity index (χ4n) is 4.24. The average Bonchev–Trinajstić information content (AvgIpc) is 3.31. The summed E-state index contributed by atoms with van der Waals surface area (Å²) in [5, 5.41) is 8.96. The molecule has 0 saturated carbocycles. The van der Waals surface area contributed by atoms with Crippen LogP contribution in [0, 0.1) is 17.2 Å². The zero-order chi connectivity index (χ0) is 19.5. The smallest absolute Gasteiger partial charge is 0.196 e. The van der Waals surface area contributed by atoms with Crippen molar-refractivity contribution in [1.82, 2.24) is 9.88 Å². The molecule has 144 valence electrons. The molecular formula is C24H27N3O. The van der Waals surface area contributed by atoms with Gasteiger partial charge in [-0.3, -0.25) is 4.90 Å². The molecule has 1 aliphatic heterocycles. The molecule has 1 aliphatic rings. The van der Waals surface area contributed by atoms with E-state index in [9.17, 15) is 0 Å². The topological polar surface area (TPSA) is 53.1 Å². The van der Waals surface area contributed by atoms with Crippen LogP contribution in [-0.2, 0) is 6.42 Å². The second-order valence-corrected chi connectivity index (χ2v) is 8.19. The molecule has 0 amide bonds. The lowest BCUT2D eigenvalue weighted by Gasteiger charge is -2.25. The average molecular weight is 374 g/mol. The highest BCUT2D eigenvalue weighted by Crippen LogP contribution is 2.27. The number of benzene rings is 2. The van der Waals surface area contributed by atoms with E-state index in [1.165, 1.54) is 25.8 Å². The summed E-state index contributed by atoms with van der Waals surface area (Å²) in [4.78, 5) is 7.34. The van der Waals surface area contributed by atoms with Gasteiger partial charge in [0.05, 0.1) is 11.6 Å². The summed E-state index contributed by atoms with van der Waals surface area (Å²) in [6.45, 7) is 6.83. The van der Waals surface area contributed by atoms with Gasteiger partial charge < -0.3 is 4.42 Å². The molecular weight excluding hydrogens is 346 g/mol. The van der Waals surface area contributed by atoms with E-state index in [4.69, 9.17) is 14.7 Å². The van der Waals surface area contributed by atoms with Gasteiger partial charge in [-0.15, -0.1) is 0 Å². The van der Waals surface area contributed by atoms with Crippen LogP contribution in [-0.4, -0.2) is 29.0 Å². The number of aromatic nitrogens is 1. The molecule has 4 nitrogen and oxygen atoms in total. The van der Waals surface area contributed by atoms with Crippen LogP contribution in [0.1, 0.15) is 44.6 Å². The van der Waals surface area contributed by atoms with E-state index < -0.39 is 0 Å².